The molecule has 1 N–H and O–H groups in total. The second-order valence-corrected chi connectivity index (χ2v) is 12.2. The van der Waals surface area contributed by atoms with Crippen LogP contribution in [0.1, 0.15) is 133 Å². The van der Waals surface area contributed by atoms with E-state index in [-0.39, 0.29) is 12.4 Å². The van der Waals surface area contributed by atoms with Gasteiger partial charge in [0.15, 0.2) is 6.10 Å². The van der Waals surface area contributed by atoms with Crippen molar-refractivity contribution < 1.29 is 28.3 Å². The van der Waals surface area contributed by atoms with Crippen molar-refractivity contribution in [3.8, 4) is 0 Å². The third-order valence-electron chi connectivity index (χ3n) is 7.08. The number of rotatable bonds is 24. The quantitative estimate of drug-likeness (QED) is 0.0822. The number of carboxylic acids is 1. The number of carbonyl (C=O) groups is 2. The highest BCUT2D eigenvalue weighted by atomic mass is 16.5. The van der Waals surface area contributed by atoms with Crippen molar-refractivity contribution in [2.24, 2.45) is 0 Å². The summed E-state index contributed by atoms with van der Waals surface area (Å²) >= 11 is 0. The van der Waals surface area contributed by atoms with Crippen LogP contribution in [0.3, 0.4) is 0 Å². The average molecular weight is 537 g/mol. The Kier molecular flexibility index (Phi) is 18.1. The Hall–Kier alpha value is -1.82. The Morgan fingerprint density at radius 1 is 0.842 bits per heavy atom. The molecule has 0 aliphatic heterocycles. The van der Waals surface area contributed by atoms with E-state index in [9.17, 15) is 9.59 Å². The van der Waals surface area contributed by atoms with Crippen LogP contribution in [0, 0.1) is 6.92 Å². The first-order valence-electron chi connectivity index (χ1n) is 15.4. The van der Waals surface area contributed by atoms with E-state index in [1.807, 2.05) is 21.1 Å². The number of aryl methyl sites for hydroxylation is 3. The molecule has 38 heavy (non-hydrogen) atoms. The molecule has 0 saturated heterocycles. The summed E-state index contributed by atoms with van der Waals surface area (Å²) in [7, 11) is 5.91. The minimum atomic E-state index is -0.928. The second-order valence-electron chi connectivity index (χ2n) is 12.2. The number of nitrogens with zero attached hydrogens (tertiary/aromatic N) is 1. The van der Waals surface area contributed by atoms with Crippen LogP contribution in [-0.2, 0) is 27.2 Å². The van der Waals surface area contributed by atoms with Gasteiger partial charge in [0.25, 0.3) is 0 Å². The van der Waals surface area contributed by atoms with Crippen LogP contribution < -0.4 is 0 Å². The molecule has 0 spiro atoms. The van der Waals surface area contributed by atoms with Crippen molar-refractivity contribution >= 4 is 11.9 Å². The molecule has 0 aromatic carbocycles. The van der Waals surface area contributed by atoms with E-state index in [1.54, 1.807) is 0 Å². The number of carboxylic acid groups (broad SMARTS) is 1. The minimum absolute atomic E-state index is 0.133. The van der Waals surface area contributed by atoms with Gasteiger partial charge in [-0.05, 0) is 37.8 Å². The Morgan fingerprint density at radius 2 is 1.37 bits per heavy atom. The number of esters is 1. The maximum atomic E-state index is 12.1. The number of furan rings is 1. The van der Waals surface area contributed by atoms with Crippen molar-refractivity contribution in [2.45, 2.75) is 142 Å². The standard InChI is InChI=1S/C32H57NO5/c1-6-7-18-21-28-24-27(2)30(37-28)22-19-16-14-12-10-8-9-11-13-15-17-20-23-32(36)38-29(25-31(34)35)26-33(3,4)5/h24,29H,6-23,25-26H2,1-5H3/p+1. The van der Waals surface area contributed by atoms with E-state index in [0.717, 1.165) is 32.1 Å². The largest absolute Gasteiger partial charge is 0.481 e. The van der Waals surface area contributed by atoms with Gasteiger partial charge in [0.05, 0.1) is 27.6 Å². The lowest BCUT2D eigenvalue weighted by Crippen LogP contribution is -2.43. The molecule has 0 bridgehead atoms. The number of hydrogen-bond donors (Lipinski definition) is 1. The first-order chi connectivity index (χ1) is 18.1. The predicted molar refractivity (Wildman–Crippen MR) is 155 cm³/mol. The first-order valence-corrected chi connectivity index (χ1v) is 15.4. The van der Waals surface area contributed by atoms with Gasteiger partial charge >= 0.3 is 11.9 Å². The summed E-state index contributed by atoms with van der Waals surface area (Å²) in [6.07, 6.45) is 20.2. The van der Waals surface area contributed by atoms with Crippen LogP contribution in [0.4, 0.5) is 0 Å². The molecule has 6 nitrogen and oxygen atoms in total. The summed E-state index contributed by atoms with van der Waals surface area (Å²) in [5, 5.41) is 9.07. The minimum Gasteiger partial charge on any atom is -0.481 e. The number of aliphatic carboxylic acids is 1. The summed E-state index contributed by atoms with van der Waals surface area (Å²) in [4.78, 5) is 23.2. The van der Waals surface area contributed by atoms with Gasteiger partial charge < -0.3 is 18.7 Å². The molecular weight excluding hydrogens is 478 g/mol. The van der Waals surface area contributed by atoms with Gasteiger partial charge in [0, 0.05) is 19.3 Å². The van der Waals surface area contributed by atoms with Gasteiger partial charge in [-0.1, -0.05) is 84.0 Å². The van der Waals surface area contributed by atoms with E-state index in [4.69, 9.17) is 14.3 Å². The Bertz CT molecular complexity index is 764. The SMILES string of the molecule is CCCCCc1cc(C)c(CCCCCCCCCCCCCCC(=O)OC(CC(=O)O)C[N+](C)(C)C)o1. The van der Waals surface area contributed by atoms with Crippen molar-refractivity contribution in [3.63, 3.8) is 0 Å². The maximum absolute atomic E-state index is 12.1. The number of ether oxygens (including phenoxy) is 1. The lowest BCUT2D eigenvalue weighted by molar-refractivity contribution is -0.873. The molecule has 0 amide bonds. The molecular formula is C32H58NO5+. The molecule has 1 aromatic rings. The number of hydrogen-bond acceptors (Lipinski definition) is 4. The predicted octanol–water partition coefficient (Wildman–Crippen LogP) is 8.03. The lowest BCUT2D eigenvalue weighted by Gasteiger charge is -2.28. The fourth-order valence-corrected chi connectivity index (χ4v) is 5.03. The van der Waals surface area contributed by atoms with Gasteiger partial charge in [-0.3, -0.25) is 9.59 Å². The summed E-state index contributed by atoms with van der Waals surface area (Å²) in [6.45, 7) is 4.93. The molecule has 0 fully saturated rings. The van der Waals surface area contributed by atoms with E-state index < -0.39 is 12.1 Å². The van der Waals surface area contributed by atoms with E-state index in [1.165, 1.54) is 94.1 Å². The zero-order valence-electron chi connectivity index (χ0n) is 25.3. The van der Waals surface area contributed by atoms with Crippen LogP contribution in [0.5, 0.6) is 0 Å². The number of carbonyl (C=O) groups excluding carboxylic acids is 1. The highest BCUT2D eigenvalue weighted by Gasteiger charge is 2.24. The van der Waals surface area contributed by atoms with Gasteiger partial charge in [0.1, 0.15) is 18.1 Å². The van der Waals surface area contributed by atoms with Crippen LogP contribution in [0.15, 0.2) is 10.5 Å². The molecule has 0 aliphatic rings. The summed E-state index contributed by atoms with van der Waals surface area (Å²) in [5.74, 6) is 1.18. The van der Waals surface area contributed by atoms with E-state index in [2.05, 4.69) is 19.9 Å². The lowest BCUT2D eigenvalue weighted by atomic mass is 10.0. The normalized spacial score (nSPS) is 12.6. The Balaban J connectivity index is 1.96. The third-order valence-corrected chi connectivity index (χ3v) is 7.08. The van der Waals surface area contributed by atoms with Crippen LogP contribution >= 0.6 is 0 Å². The molecule has 220 valence electrons. The summed E-state index contributed by atoms with van der Waals surface area (Å²) < 4.78 is 12.1. The van der Waals surface area contributed by atoms with Crippen molar-refractivity contribution in [1.82, 2.24) is 0 Å². The molecule has 1 aromatic heterocycles. The number of quaternary nitrogens is 1. The van der Waals surface area contributed by atoms with Crippen molar-refractivity contribution in [3.05, 3.63) is 23.2 Å². The number of likely N-dealkylation sites (N-methyl/N-ethyl adjacent to an activating group) is 1. The molecule has 6 heteroatoms. The third kappa shape index (κ3) is 18.4. The van der Waals surface area contributed by atoms with Crippen LogP contribution in [-0.4, -0.2) is 55.3 Å². The highest BCUT2D eigenvalue weighted by molar-refractivity contribution is 5.71. The fraction of sp³-hybridized carbons (Fsp3) is 0.812. The fourth-order valence-electron chi connectivity index (χ4n) is 5.03. The summed E-state index contributed by atoms with van der Waals surface area (Å²) in [6, 6.07) is 2.24. The van der Waals surface area contributed by atoms with Gasteiger partial charge in [-0.25, -0.2) is 0 Å². The van der Waals surface area contributed by atoms with Crippen LogP contribution in [0.2, 0.25) is 0 Å². The van der Waals surface area contributed by atoms with Crippen molar-refractivity contribution in [2.75, 3.05) is 27.7 Å². The topological polar surface area (TPSA) is 76.7 Å². The maximum Gasteiger partial charge on any atom is 0.307 e. The zero-order valence-corrected chi connectivity index (χ0v) is 25.3. The highest BCUT2D eigenvalue weighted by Crippen LogP contribution is 2.20. The molecule has 1 unspecified atom stereocenters. The first kappa shape index (κ1) is 34.2. The van der Waals surface area contributed by atoms with Crippen LogP contribution in [0.25, 0.3) is 0 Å². The molecule has 0 radical (unpaired) electrons. The van der Waals surface area contributed by atoms with Crippen molar-refractivity contribution in [1.29, 1.82) is 0 Å². The molecule has 1 rings (SSSR count). The molecule has 0 saturated carbocycles. The number of unbranched alkanes of at least 4 members (excludes halogenated alkanes) is 13. The Morgan fingerprint density at radius 3 is 1.89 bits per heavy atom. The zero-order chi connectivity index (χ0) is 28.2. The van der Waals surface area contributed by atoms with Gasteiger partial charge in [-0.2, -0.15) is 0 Å². The van der Waals surface area contributed by atoms with E-state index >= 15 is 0 Å². The second kappa shape index (κ2) is 20.1. The molecule has 0 aliphatic carbocycles. The van der Waals surface area contributed by atoms with Gasteiger partial charge in [0.2, 0.25) is 0 Å². The monoisotopic (exact) mass is 536 g/mol. The Labute approximate surface area is 233 Å². The average Bonchev–Trinajstić information content (AvgIpc) is 3.17. The smallest absolute Gasteiger partial charge is 0.307 e. The molecule has 1 atom stereocenters. The van der Waals surface area contributed by atoms with E-state index in [0.29, 0.717) is 17.4 Å². The molecule has 1 heterocycles. The summed E-state index contributed by atoms with van der Waals surface area (Å²) in [5.41, 5.74) is 1.33. The van der Waals surface area contributed by atoms with Gasteiger partial charge in [-0.15, -0.1) is 0 Å².